The van der Waals surface area contributed by atoms with Crippen LogP contribution in [-0.4, -0.2) is 41.1 Å². The second kappa shape index (κ2) is 9.58. The van der Waals surface area contributed by atoms with Crippen LogP contribution in [0.1, 0.15) is 41.5 Å². The number of carbonyl (C=O) groups excluding carboxylic acids is 3. The molecule has 0 aliphatic heterocycles. The Labute approximate surface area is 107 Å². The van der Waals surface area contributed by atoms with Gasteiger partial charge in [-0.3, -0.25) is 14.4 Å². The first kappa shape index (κ1) is 18.9. The van der Waals surface area contributed by atoms with Crippen molar-refractivity contribution in [2.24, 2.45) is 0 Å². The summed E-state index contributed by atoms with van der Waals surface area (Å²) in [6, 6.07) is 0. The number of carbonyl (C=O) groups is 3. The summed E-state index contributed by atoms with van der Waals surface area (Å²) in [4.78, 5) is 30.8. The van der Waals surface area contributed by atoms with E-state index in [0.717, 1.165) is 0 Å². The summed E-state index contributed by atoms with van der Waals surface area (Å²) in [6.45, 7) is 8.75. The fraction of sp³-hybridized carbons (Fsp3) is 0.750. The first-order valence-electron chi connectivity index (χ1n) is 5.60. The number of ether oxygens (including phenoxy) is 2. The SMILES string of the molecule is CC(=O)OC(C)C(C)=O.CC(=O)OC(C)C(C)O. The van der Waals surface area contributed by atoms with Crippen molar-refractivity contribution in [1.29, 1.82) is 0 Å². The van der Waals surface area contributed by atoms with Gasteiger partial charge in [-0.1, -0.05) is 0 Å². The first-order valence-corrected chi connectivity index (χ1v) is 5.60. The van der Waals surface area contributed by atoms with Crippen LogP contribution in [0.25, 0.3) is 0 Å². The van der Waals surface area contributed by atoms with Gasteiger partial charge >= 0.3 is 11.9 Å². The zero-order valence-corrected chi connectivity index (χ0v) is 11.7. The van der Waals surface area contributed by atoms with Crippen molar-refractivity contribution in [2.75, 3.05) is 0 Å². The van der Waals surface area contributed by atoms with Crippen LogP contribution in [0.4, 0.5) is 0 Å². The number of aliphatic hydroxyl groups is 1. The Balaban J connectivity index is 0. The molecule has 1 N–H and O–H groups in total. The molecule has 3 unspecified atom stereocenters. The van der Waals surface area contributed by atoms with E-state index in [1.807, 2.05) is 0 Å². The molecule has 106 valence electrons. The predicted octanol–water partition coefficient (Wildman–Crippen LogP) is 0.846. The van der Waals surface area contributed by atoms with Crippen molar-refractivity contribution in [3.63, 3.8) is 0 Å². The predicted molar refractivity (Wildman–Crippen MR) is 64.8 cm³/mol. The monoisotopic (exact) mass is 262 g/mol. The zero-order chi connectivity index (χ0) is 14.9. The van der Waals surface area contributed by atoms with Crippen LogP contribution in [0.2, 0.25) is 0 Å². The van der Waals surface area contributed by atoms with Crippen LogP contribution in [0, 0.1) is 0 Å². The van der Waals surface area contributed by atoms with E-state index in [-0.39, 0.29) is 11.8 Å². The maximum Gasteiger partial charge on any atom is 0.303 e. The summed E-state index contributed by atoms with van der Waals surface area (Å²) in [6.07, 6.45) is -1.58. The standard InChI is InChI=1S/C6H12O3.C6H10O3/c2*1-4(7)5(2)9-6(3)8/h4-5,7H,1-3H3;5H,1-3H3. The second-order valence-corrected chi connectivity index (χ2v) is 3.92. The molecule has 0 saturated heterocycles. The summed E-state index contributed by atoms with van der Waals surface area (Å²) in [5.74, 6) is -0.911. The highest BCUT2D eigenvalue weighted by molar-refractivity contribution is 5.82. The van der Waals surface area contributed by atoms with Gasteiger partial charge in [-0.2, -0.15) is 0 Å². The van der Waals surface area contributed by atoms with Crippen LogP contribution < -0.4 is 0 Å². The molecule has 0 aromatic rings. The van der Waals surface area contributed by atoms with Crippen molar-refractivity contribution < 1.29 is 29.0 Å². The summed E-state index contributed by atoms with van der Waals surface area (Å²) >= 11 is 0. The van der Waals surface area contributed by atoms with Crippen LogP contribution in [0.5, 0.6) is 0 Å². The van der Waals surface area contributed by atoms with E-state index in [2.05, 4.69) is 9.47 Å². The van der Waals surface area contributed by atoms with Gasteiger partial charge in [0.1, 0.15) is 6.10 Å². The molecule has 0 aromatic heterocycles. The van der Waals surface area contributed by atoms with E-state index in [9.17, 15) is 14.4 Å². The molecule has 0 rings (SSSR count). The molecule has 0 aromatic carbocycles. The van der Waals surface area contributed by atoms with E-state index in [1.165, 1.54) is 20.8 Å². The lowest BCUT2D eigenvalue weighted by molar-refractivity contribution is -0.151. The highest BCUT2D eigenvalue weighted by atomic mass is 16.6. The van der Waals surface area contributed by atoms with Crippen LogP contribution in [0.15, 0.2) is 0 Å². The fourth-order valence-electron chi connectivity index (χ4n) is 0.692. The van der Waals surface area contributed by atoms with Crippen molar-refractivity contribution in [3.05, 3.63) is 0 Å². The normalized spacial score (nSPS) is 14.4. The van der Waals surface area contributed by atoms with E-state index in [1.54, 1.807) is 20.8 Å². The number of esters is 2. The number of hydrogen-bond donors (Lipinski definition) is 1. The molecular formula is C12H22O6. The average molecular weight is 262 g/mol. The number of ketones is 1. The topological polar surface area (TPSA) is 89.9 Å². The quantitative estimate of drug-likeness (QED) is 0.755. The first-order chi connectivity index (χ1) is 8.07. The molecule has 3 atom stereocenters. The van der Waals surface area contributed by atoms with Gasteiger partial charge in [0.2, 0.25) is 0 Å². The maximum atomic E-state index is 10.4. The Morgan fingerprint density at radius 3 is 1.39 bits per heavy atom. The number of hydrogen-bond acceptors (Lipinski definition) is 6. The summed E-state index contributed by atoms with van der Waals surface area (Å²) in [5.41, 5.74) is 0. The number of rotatable bonds is 4. The number of Topliss-reactive ketones (excluding diaryl/α,β-unsaturated/α-hetero) is 1. The number of aliphatic hydroxyl groups excluding tert-OH is 1. The Morgan fingerprint density at radius 2 is 1.28 bits per heavy atom. The summed E-state index contributed by atoms with van der Waals surface area (Å²) in [5, 5.41) is 8.79. The zero-order valence-electron chi connectivity index (χ0n) is 11.7. The van der Waals surface area contributed by atoms with Gasteiger partial charge in [0.15, 0.2) is 11.9 Å². The Kier molecular flexibility index (Phi) is 10.1. The molecule has 0 saturated carbocycles. The van der Waals surface area contributed by atoms with Crippen molar-refractivity contribution in [1.82, 2.24) is 0 Å². The van der Waals surface area contributed by atoms with Gasteiger partial charge in [0, 0.05) is 13.8 Å². The lowest BCUT2D eigenvalue weighted by Gasteiger charge is -2.13. The third-order valence-corrected chi connectivity index (χ3v) is 1.95. The third-order valence-electron chi connectivity index (χ3n) is 1.95. The van der Waals surface area contributed by atoms with Crippen molar-refractivity contribution in [2.45, 2.75) is 59.9 Å². The molecule has 0 amide bonds. The highest BCUT2D eigenvalue weighted by Crippen LogP contribution is 1.96. The average Bonchev–Trinajstić information content (AvgIpc) is 2.16. The molecule has 0 spiro atoms. The Bertz CT molecular complexity index is 284. The minimum Gasteiger partial charge on any atom is -0.460 e. The van der Waals surface area contributed by atoms with E-state index < -0.39 is 24.3 Å². The van der Waals surface area contributed by atoms with Gasteiger partial charge in [-0.15, -0.1) is 0 Å². The van der Waals surface area contributed by atoms with Crippen molar-refractivity contribution >= 4 is 17.7 Å². The lowest BCUT2D eigenvalue weighted by atomic mass is 10.3. The Hall–Kier alpha value is -1.43. The van der Waals surface area contributed by atoms with Gasteiger partial charge < -0.3 is 14.6 Å². The molecule has 6 nitrogen and oxygen atoms in total. The molecular weight excluding hydrogens is 240 g/mol. The van der Waals surface area contributed by atoms with Gasteiger partial charge in [0.25, 0.3) is 0 Å². The molecule has 6 heteroatoms. The molecule has 0 aliphatic carbocycles. The summed E-state index contributed by atoms with van der Waals surface area (Å²) in [7, 11) is 0. The van der Waals surface area contributed by atoms with Gasteiger partial charge in [-0.05, 0) is 27.7 Å². The third kappa shape index (κ3) is 12.6. The van der Waals surface area contributed by atoms with Gasteiger partial charge in [0.05, 0.1) is 6.10 Å². The van der Waals surface area contributed by atoms with Crippen LogP contribution >= 0.6 is 0 Å². The highest BCUT2D eigenvalue weighted by Gasteiger charge is 2.10. The minimum atomic E-state index is -0.595. The summed E-state index contributed by atoms with van der Waals surface area (Å²) < 4.78 is 9.15. The Morgan fingerprint density at radius 1 is 0.889 bits per heavy atom. The molecule has 0 radical (unpaired) electrons. The van der Waals surface area contributed by atoms with Crippen molar-refractivity contribution in [3.8, 4) is 0 Å². The molecule has 18 heavy (non-hydrogen) atoms. The van der Waals surface area contributed by atoms with E-state index in [4.69, 9.17) is 5.11 Å². The van der Waals surface area contributed by atoms with E-state index in [0.29, 0.717) is 0 Å². The molecule has 0 aliphatic rings. The molecule has 0 bridgehead atoms. The van der Waals surface area contributed by atoms with E-state index >= 15 is 0 Å². The smallest absolute Gasteiger partial charge is 0.303 e. The minimum absolute atomic E-state index is 0.134. The molecule has 0 heterocycles. The fourth-order valence-corrected chi connectivity index (χ4v) is 0.692. The van der Waals surface area contributed by atoms with Crippen LogP contribution in [0.3, 0.4) is 0 Å². The van der Waals surface area contributed by atoms with Gasteiger partial charge in [-0.25, -0.2) is 0 Å². The molecule has 0 fully saturated rings. The maximum absolute atomic E-state index is 10.4. The largest absolute Gasteiger partial charge is 0.460 e. The second-order valence-electron chi connectivity index (χ2n) is 3.92. The van der Waals surface area contributed by atoms with Crippen LogP contribution in [-0.2, 0) is 23.9 Å². The lowest BCUT2D eigenvalue weighted by Crippen LogP contribution is -2.24.